The fourth-order valence-corrected chi connectivity index (χ4v) is 3.38. The number of carbonyl (C=O) groups is 2. The smallest absolute Gasteiger partial charge is 0.331 e. The quantitative estimate of drug-likeness (QED) is 0.863. The van der Waals surface area contributed by atoms with Gasteiger partial charge in [-0.25, -0.2) is 9.78 Å². The number of carbonyl (C=O) groups excluding carboxylic acids is 1. The van der Waals surface area contributed by atoms with Crippen molar-refractivity contribution < 1.29 is 19.1 Å². The fourth-order valence-electron chi connectivity index (χ4n) is 2.48. The number of rotatable bonds is 2. The van der Waals surface area contributed by atoms with Crippen molar-refractivity contribution in [1.29, 1.82) is 0 Å². The zero-order valence-corrected chi connectivity index (χ0v) is 11.6. The van der Waals surface area contributed by atoms with E-state index in [0.717, 1.165) is 10.9 Å². The van der Waals surface area contributed by atoms with Crippen LogP contribution in [0.5, 0.6) is 0 Å². The summed E-state index contributed by atoms with van der Waals surface area (Å²) in [6.07, 6.45) is 0.595. The molecule has 0 saturated carbocycles. The third-order valence-corrected chi connectivity index (χ3v) is 4.39. The number of carboxylic acid groups (broad SMARTS) is 1. The monoisotopic (exact) mass is 306 g/mol. The highest BCUT2D eigenvalue weighted by Crippen LogP contribution is 2.34. The van der Waals surface area contributed by atoms with E-state index < -0.39 is 23.9 Å². The van der Waals surface area contributed by atoms with Crippen LogP contribution in [0.15, 0.2) is 29.6 Å². The van der Waals surface area contributed by atoms with Gasteiger partial charge in [0.2, 0.25) is 5.95 Å². The lowest BCUT2D eigenvalue weighted by Gasteiger charge is -2.32. The fraction of sp³-hybridized carbons (Fsp3) is 0.214. The van der Waals surface area contributed by atoms with Gasteiger partial charge in [-0.3, -0.25) is 4.79 Å². The predicted molar refractivity (Wildman–Crippen MR) is 73.6 cm³/mol. The summed E-state index contributed by atoms with van der Waals surface area (Å²) in [6.45, 7) is 0.279. The van der Waals surface area contributed by atoms with Gasteiger partial charge in [-0.2, -0.15) is 4.39 Å². The van der Waals surface area contributed by atoms with Gasteiger partial charge in [0.05, 0.1) is 0 Å². The first-order chi connectivity index (χ1) is 10.1. The Kier molecular flexibility index (Phi) is 3.42. The molecule has 5 nitrogen and oxygen atoms in total. The summed E-state index contributed by atoms with van der Waals surface area (Å²) in [6, 6.07) is 4.58. The van der Waals surface area contributed by atoms with Crippen LogP contribution in [0.4, 0.5) is 4.39 Å². The van der Waals surface area contributed by atoms with Crippen LogP contribution in [-0.4, -0.2) is 33.4 Å². The largest absolute Gasteiger partial charge is 0.479 e. The highest BCUT2D eigenvalue weighted by Gasteiger charge is 2.37. The first kappa shape index (κ1) is 13.7. The summed E-state index contributed by atoms with van der Waals surface area (Å²) in [5.74, 6) is -2.43. The van der Waals surface area contributed by atoms with Crippen LogP contribution < -0.4 is 0 Å². The summed E-state index contributed by atoms with van der Waals surface area (Å²) >= 11 is 1.48. The molecule has 0 fully saturated rings. The Hall–Kier alpha value is -2.28. The van der Waals surface area contributed by atoms with E-state index in [-0.39, 0.29) is 12.2 Å². The van der Waals surface area contributed by atoms with Gasteiger partial charge in [0.15, 0.2) is 6.04 Å². The van der Waals surface area contributed by atoms with Gasteiger partial charge in [0.25, 0.3) is 5.91 Å². The first-order valence-electron chi connectivity index (χ1n) is 6.30. The van der Waals surface area contributed by atoms with Gasteiger partial charge in [-0.15, -0.1) is 11.3 Å². The maximum absolute atomic E-state index is 13.1. The number of carboxylic acids is 1. The van der Waals surface area contributed by atoms with E-state index in [4.69, 9.17) is 0 Å². The molecule has 0 spiro atoms. The van der Waals surface area contributed by atoms with Crippen molar-refractivity contribution in [3.8, 4) is 0 Å². The lowest BCUT2D eigenvalue weighted by atomic mass is 9.99. The Labute approximate surface area is 123 Å². The summed E-state index contributed by atoms with van der Waals surface area (Å²) < 4.78 is 13.1. The van der Waals surface area contributed by atoms with E-state index in [9.17, 15) is 19.1 Å². The normalized spacial score (nSPS) is 17.4. The van der Waals surface area contributed by atoms with E-state index in [2.05, 4.69) is 4.98 Å². The number of aliphatic carboxylic acids is 1. The van der Waals surface area contributed by atoms with Crippen LogP contribution in [-0.2, 0) is 11.2 Å². The number of amides is 1. The molecule has 1 aliphatic rings. The van der Waals surface area contributed by atoms with Crippen molar-refractivity contribution in [3.05, 3.63) is 51.7 Å². The Morgan fingerprint density at radius 3 is 2.90 bits per heavy atom. The van der Waals surface area contributed by atoms with Crippen molar-refractivity contribution in [2.24, 2.45) is 0 Å². The van der Waals surface area contributed by atoms with E-state index in [1.54, 1.807) is 6.07 Å². The summed E-state index contributed by atoms with van der Waals surface area (Å²) in [7, 11) is 0. The van der Waals surface area contributed by atoms with Crippen molar-refractivity contribution >= 4 is 23.2 Å². The molecule has 0 saturated heterocycles. The molecule has 7 heteroatoms. The number of halogens is 1. The highest BCUT2D eigenvalue weighted by molar-refractivity contribution is 7.10. The minimum absolute atomic E-state index is 0.0834. The van der Waals surface area contributed by atoms with Gasteiger partial charge in [0, 0.05) is 11.4 Å². The molecule has 2 aromatic rings. The van der Waals surface area contributed by atoms with E-state index in [1.165, 1.54) is 28.4 Å². The first-order valence-corrected chi connectivity index (χ1v) is 7.18. The second-order valence-corrected chi connectivity index (χ2v) is 5.63. The Balaban J connectivity index is 1.98. The van der Waals surface area contributed by atoms with Crippen LogP contribution in [0.1, 0.15) is 27.0 Å². The van der Waals surface area contributed by atoms with Gasteiger partial charge in [0.1, 0.15) is 5.69 Å². The molecule has 108 valence electrons. The van der Waals surface area contributed by atoms with Crippen LogP contribution in [0.2, 0.25) is 0 Å². The number of nitrogens with zero attached hydrogens (tertiary/aromatic N) is 2. The molecule has 0 bridgehead atoms. The number of pyridine rings is 1. The van der Waals surface area contributed by atoms with Gasteiger partial charge < -0.3 is 10.0 Å². The zero-order chi connectivity index (χ0) is 15.0. The minimum atomic E-state index is -1.10. The molecular formula is C14H11FN2O3S. The van der Waals surface area contributed by atoms with Crippen LogP contribution >= 0.6 is 11.3 Å². The minimum Gasteiger partial charge on any atom is -0.479 e. The van der Waals surface area contributed by atoms with Gasteiger partial charge >= 0.3 is 5.97 Å². The summed E-state index contributed by atoms with van der Waals surface area (Å²) in [4.78, 5) is 29.7. The molecular weight excluding hydrogens is 295 g/mol. The molecule has 3 heterocycles. The number of aromatic nitrogens is 1. The lowest BCUT2D eigenvalue weighted by molar-refractivity contribution is -0.142. The highest BCUT2D eigenvalue weighted by atomic mass is 32.1. The van der Waals surface area contributed by atoms with Crippen LogP contribution in [0.3, 0.4) is 0 Å². The summed E-state index contributed by atoms with van der Waals surface area (Å²) in [5, 5.41) is 11.3. The molecule has 2 aromatic heterocycles. The average molecular weight is 306 g/mol. The zero-order valence-electron chi connectivity index (χ0n) is 10.8. The second-order valence-electron chi connectivity index (χ2n) is 4.63. The molecule has 1 atom stereocenters. The van der Waals surface area contributed by atoms with Crippen molar-refractivity contribution in [2.45, 2.75) is 12.5 Å². The van der Waals surface area contributed by atoms with Crippen molar-refractivity contribution in [3.63, 3.8) is 0 Å². The maximum atomic E-state index is 13.1. The SMILES string of the molecule is O=C(O)C1c2ccsc2CCN1C(=O)c1cccc(F)n1. The van der Waals surface area contributed by atoms with E-state index >= 15 is 0 Å². The third-order valence-electron chi connectivity index (χ3n) is 3.39. The van der Waals surface area contributed by atoms with E-state index in [1.807, 2.05) is 5.38 Å². The predicted octanol–water partition coefficient (Wildman–Crippen LogP) is 2.11. The standard InChI is InChI=1S/C14H11FN2O3S/c15-11-3-1-2-9(16-11)13(18)17-6-4-10-8(5-7-21-10)12(17)14(19)20/h1-3,5,7,12H,4,6H2,(H,19,20). The molecule has 1 N–H and O–H groups in total. The summed E-state index contributed by atoms with van der Waals surface area (Å²) in [5.41, 5.74) is 0.545. The van der Waals surface area contributed by atoms with Gasteiger partial charge in [-0.1, -0.05) is 6.07 Å². The Morgan fingerprint density at radius 2 is 2.19 bits per heavy atom. The molecule has 0 radical (unpaired) electrons. The van der Waals surface area contributed by atoms with Crippen LogP contribution in [0.25, 0.3) is 0 Å². The molecule has 1 unspecified atom stereocenters. The topological polar surface area (TPSA) is 70.5 Å². The lowest BCUT2D eigenvalue weighted by Crippen LogP contribution is -2.43. The number of hydrogen-bond donors (Lipinski definition) is 1. The molecule has 1 amide bonds. The van der Waals surface area contributed by atoms with E-state index in [0.29, 0.717) is 12.0 Å². The Morgan fingerprint density at radius 1 is 1.38 bits per heavy atom. The Bertz CT molecular complexity index is 716. The van der Waals surface area contributed by atoms with Crippen molar-refractivity contribution in [2.75, 3.05) is 6.54 Å². The van der Waals surface area contributed by atoms with Crippen molar-refractivity contribution in [1.82, 2.24) is 9.88 Å². The molecule has 1 aliphatic heterocycles. The molecule has 3 rings (SSSR count). The average Bonchev–Trinajstić information content (AvgIpc) is 2.93. The number of thiophene rings is 1. The third kappa shape index (κ3) is 2.40. The molecule has 21 heavy (non-hydrogen) atoms. The van der Waals surface area contributed by atoms with Crippen LogP contribution in [0, 0.1) is 5.95 Å². The second kappa shape index (κ2) is 5.25. The molecule has 0 aliphatic carbocycles. The van der Waals surface area contributed by atoms with Gasteiger partial charge in [-0.05, 0) is 35.6 Å². The molecule has 0 aromatic carbocycles. The number of fused-ring (bicyclic) bond motifs is 1. The maximum Gasteiger partial charge on any atom is 0.331 e. The number of hydrogen-bond acceptors (Lipinski definition) is 4.